The summed E-state index contributed by atoms with van der Waals surface area (Å²) in [7, 11) is 0. The predicted molar refractivity (Wildman–Crippen MR) is 132 cm³/mol. The molecule has 1 aromatic carbocycles. The summed E-state index contributed by atoms with van der Waals surface area (Å²) in [6, 6.07) is 15.9. The van der Waals surface area contributed by atoms with E-state index in [1.807, 2.05) is 32.0 Å². The van der Waals surface area contributed by atoms with Crippen molar-refractivity contribution in [3.05, 3.63) is 64.5 Å². The highest BCUT2D eigenvalue weighted by Gasteiger charge is 2.27. The lowest BCUT2D eigenvalue weighted by molar-refractivity contribution is 0.201. The summed E-state index contributed by atoms with van der Waals surface area (Å²) in [6.07, 6.45) is 1.05. The second kappa shape index (κ2) is 10.6. The molecule has 0 radical (unpaired) electrons. The number of hydrogen-bond acceptors (Lipinski definition) is 8. The maximum absolute atomic E-state index is 10.1. The van der Waals surface area contributed by atoms with Crippen LogP contribution in [0.3, 0.4) is 0 Å². The number of anilines is 1. The van der Waals surface area contributed by atoms with Gasteiger partial charge in [0, 0.05) is 35.8 Å². The Labute approximate surface area is 203 Å². The van der Waals surface area contributed by atoms with Crippen molar-refractivity contribution in [1.29, 1.82) is 10.5 Å². The maximum atomic E-state index is 10.1. The molecule has 8 heteroatoms. The Morgan fingerprint density at radius 3 is 2.35 bits per heavy atom. The number of aliphatic hydroxyl groups excluding tert-OH is 1. The minimum absolute atomic E-state index is 0.0704. The number of benzene rings is 1. The van der Waals surface area contributed by atoms with Crippen LogP contribution in [0.1, 0.15) is 34.5 Å². The first kappa shape index (κ1) is 23.6. The highest BCUT2D eigenvalue weighted by molar-refractivity contribution is 7.98. The largest absolute Gasteiger partial charge is 0.491 e. The van der Waals surface area contributed by atoms with E-state index in [2.05, 4.69) is 28.1 Å². The number of rotatable bonds is 8. The zero-order valence-electron chi connectivity index (χ0n) is 19.2. The van der Waals surface area contributed by atoms with Gasteiger partial charge in [0.2, 0.25) is 0 Å². The molecule has 172 valence electrons. The van der Waals surface area contributed by atoms with Crippen LogP contribution in [0.4, 0.5) is 5.82 Å². The van der Waals surface area contributed by atoms with Crippen molar-refractivity contribution in [2.45, 2.75) is 31.0 Å². The van der Waals surface area contributed by atoms with Crippen molar-refractivity contribution in [1.82, 2.24) is 9.97 Å². The van der Waals surface area contributed by atoms with Gasteiger partial charge in [-0.15, -0.1) is 11.8 Å². The number of aliphatic hydroxyl groups is 1. The molecule has 3 aromatic rings. The second-order valence-corrected chi connectivity index (χ2v) is 8.98. The molecule has 0 unspecified atom stereocenters. The minimum Gasteiger partial charge on any atom is -0.491 e. The van der Waals surface area contributed by atoms with Gasteiger partial charge < -0.3 is 14.7 Å². The standard InChI is InChI=1S/C26H25N5O2S/c1-17-4-5-20(18(2)29-17)16-34-26-23(15-28)24(19-6-8-21(9-7-19)33-13-12-32)22(14-27)25(30-26)31-10-3-11-31/h4-9,32H,3,10-13,16H2,1-2H3. The zero-order chi connectivity index (χ0) is 24.1. The summed E-state index contributed by atoms with van der Waals surface area (Å²) in [6.45, 7) is 5.76. The molecule has 0 amide bonds. The van der Waals surface area contributed by atoms with Gasteiger partial charge in [-0.25, -0.2) is 4.98 Å². The van der Waals surface area contributed by atoms with Crippen LogP contribution in [0, 0.1) is 36.5 Å². The Hall–Kier alpha value is -3.59. The van der Waals surface area contributed by atoms with Gasteiger partial charge in [0.1, 0.15) is 40.9 Å². The first-order valence-corrected chi connectivity index (χ1v) is 12.1. The van der Waals surface area contributed by atoms with E-state index in [0.29, 0.717) is 39.0 Å². The van der Waals surface area contributed by atoms with Gasteiger partial charge in [0.25, 0.3) is 0 Å². The summed E-state index contributed by atoms with van der Waals surface area (Å²) in [5, 5.41) is 29.8. The van der Waals surface area contributed by atoms with Crippen LogP contribution < -0.4 is 9.64 Å². The number of aryl methyl sites for hydroxylation is 2. The molecule has 0 bridgehead atoms. The molecule has 1 saturated heterocycles. The van der Waals surface area contributed by atoms with E-state index in [9.17, 15) is 10.5 Å². The number of hydrogen-bond donors (Lipinski definition) is 1. The van der Waals surface area contributed by atoms with Gasteiger partial charge in [-0.05, 0) is 49.6 Å². The molecule has 34 heavy (non-hydrogen) atoms. The molecule has 7 nitrogen and oxygen atoms in total. The van der Waals surface area contributed by atoms with Crippen molar-refractivity contribution in [3.8, 4) is 29.0 Å². The molecule has 0 aliphatic carbocycles. The Balaban J connectivity index is 1.79. The van der Waals surface area contributed by atoms with Gasteiger partial charge in [-0.3, -0.25) is 4.98 Å². The van der Waals surface area contributed by atoms with E-state index in [0.717, 1.165) is 42.0 Å². The van der Waals surface area contributed by atoms with Crippen LogP contribution in [-0.2, 0) is 5.75 Å². The van der Waals surface area contributed by atoms with E-state index in [4.69, 9.17) is 14.8 Å². The molecule has 1 aliphatic rings. The van der Waals surface area contributed by atoms with Gasteiger partial charge >= 0.3 is 0 Å². The first-order chi connectivity index (χ1) is 16.5. The first-order valence-electron chi connectivity index (χ1n) is 11.1. The molecule has 1 fully saturated rings. The molecular formula is C26H25N5O2S. The third-order valence-electron chi connectivity index (χ3n) is 5.73. The van der Waals surface area contributed by atoms with Crippen molar-refractivity contribution in [2.75, 3.05) is 31.2 Å². The lowest BCUT2D eigenvalue weighted by atomic mass is 9.96. The van der Waals surface area contributed by atoms with E-state index in [1.54, 1.807) is 12.1 Å². The molecule has 0 spiro atoms. The maximum Gasteiger partial charge on any atom is 0.148 e. The van der Waals surface area contributed by atoms with Gasteiger partial charge in [0.05, 0.1) is 12.2 Å². The average molecular weight is 472 g/mol. The number of thioether (sulfide) groups is 1. The molecule has 1 N–H and O–H groups in total. The number of pyridine rings is 2. The summed E-state index contributed by atoms with van der Waals surface area (Å²) < 4.78 is 5.47. The third-order valence-corrected chi connectivity index (χ3v) is 6.75. The van der Waals surface area contributed by atoms with Gasteiger partial charge in [-0.1, -0.05) is 18.2 Å². The predicted octanol–water partition coefficient (Wildman–Crippen LogP) is 4.38. The summed E-state index contributed by atoms with van der Waals surface area (Å²) in [5.41, 5.74) is 5.17. The molecule has 4 rings (SSSR count). The number of nitriles is 2. The number of nitrogens with zero attached hydrogens (tertiary/aromatic N) is 5. The van der Waals surface area contributed by atoms with Crippen LogP contribution in [-0.4, -0.2) is 41.4 Å². The molecule has 3 heterocycles. The summed E-state index contributed by atoms with van der Waals surface area (Å²) >= 11 is 1.49. The van der Waals surface area contributed by atoms with Crippen molar-refractivity contribution in [3.63, 3.8) is 0 Å². The molecule has 2 aromatic heterocycles. The highest BCUT2D eigenvalue weighted by Crippen LogP contribution is 2.40. The van der Waals surface area contributed by atoms with Crippen LogP contribution >= 0.6 is 11.8 Å². The van der Waals surface area contributed by atoms with Crippen LogP contribution in [0.25, 0.3) is 11.1 Å². The minimum atomic E-state index is -0.0704. The molecule has 0 saturated carbocycles. The summed E-state index contributed by atoms with van der Waals surface area (Å²) in [4.78, 5) is 11.4. The smallest absolute Gasteiger partial charge is 0.148 e. The van der Waals surface area contributed by atoms with E-state index in [1.165, 1.54) is 11.8 Å². The lowest BCUT2D eigenvalue weighted by Crippen LogP contribution is -2.38. The zero-order valence-corrected chi connectivity index (χ0v) is 20.0. The van der Waals surface area contributed by atoms with E-state index >= 15 is 0 Å². The monoisotopic (exact) mass is 471 g/mol. The normalized spacial score (nSPS) is 12.6. The third kappa shape index (κ3) is 4.84. The fourth-order valence-corrected chi connectivity index (χ4v) is 4.85. The fraction of sp³-hybridized carbons (Fsp3) is 0.308. The fourth-order valence-electron chi connectivity index (χ4n) is 3.81. The average Bonchev–Trinajstić information content (AvgIpc) is 2.81. The summed E-state index contributed by atoms with van der Waals surface area (Å²) in [5.74, 6) is 1.87. The van der Waals surface area contributed by atoms with Crippen LogP contribution in [0.15, 0.2) is 41.4 Å². The Bertz CT molecular complexity index is 1270. The molecule has 0 atom stereocenters. The van der Waals surface area contributed by atoms with Crippen LogP contribution in [0.2, 0.25) is 0 Å². The Morgan fingerprint density at radius 2 is 1.76 bits per heavy atom. The van der Waals surface area contributed by atoms with Gasteiger partial charge in [-0.2, -0.15) is 10.5 Å². The topological polar surface area (TPSA) is 106 Å². The van der Waals surface area contributed by atoms with E-state index in [-0.39, 0.29) is 13.2 Å². The number of aromatic nitrogens is 2. The Kier molecular flexibility index (Phi) is 7.32. The van der Waals surface area contributed by atoms with Crippen LogP contribution in [0.5, 0.6) is 5.75 Å². The van der Waals surface area contributed by atoms with Crippen molar-refractivity contribution in [2.24, 2.45) is 0 Å². The molecule has 1 aliphatic heterocycles. The van der Waals surface area contributed by atoms with Crippen molar-refractivity contribution >= 4 is 17.6 Å². The Morgan fingerprint density at radius 1 is 1.03 bits per heavy atom. The second-order valence-electron chi connectivity index (χ2n) is 8.01. The SMILES string of the molecule is Cc1ccc(CSc2nc(N3CCC3)c(C#N)c(-c3ccc(OCCO)cc3)c2C#N)c(C)n1. The van der Waals surface area contributed by atoms with E-state index < -0.39 is 0 Å². The van der Waals surface area contributed by atoms with Gasteiger partial charge in [0.15, 0.2) is 0 Å². The molecular weight excluding hydrogens is 446 g/mol. The van der Waals surface area contributed by atoms with Crippen molar-refractivity contribution < 1.29 is 9.84 Å². The highest BCUT2D eigenvalue weighted by atomic mass is 32.2. The lowest BCUT2D eigenvalue weighted by Gasteiger charge is -2.33. The quantitative estimate of drug-likeness (QED) is 0.483. The number of ether oxygens (including phenoxy) is 1.